The van der Waals surface area contributed by atoms with Gasteiger partial charge in [-0.3, -0.25) is 9.78 Å². The Morgan fingerprint density at radius 3 is 2.45 bits per heavy atom. The molecule has 4 aromatic rings. The minimum atomic E-state index is -0.0785. The molecule has 0 fully saturated rings. The highest BCUT2D eigenvalue weighted by molar-refractivity contribution is 5.94. The summed E-state index contributed by atoms with van der Waals surface area (Å²) >= 11 is 0. The topological polar surface area (TPSA) is 63.1 Å². The lowest BCUT2D eigenvalue weighted by Gasteiger charge is -2.13. The van der Waals surface area contributed by atoms with Gasteiger partial charge in [0, 0.05) is 56.4 Å². The van der Waals surface area contributed by atoms with Crippen LogP contribution in [0.4, 0.5) is 5.69 Å². The molecular weight excluding hydrogens is 362 g/mol. The van der Waals surface area contributed by atoms with E-state index in [4.69, 9.17) is 4.98 Å². The Hall–Kier alpha value is -3.67. The number of hydrogen-bond acceptors (Lipinski definition) is 4. The minimum absolute atomic E-state index is 0.0785. The fourth-order valence-electron chi connectivity index (χ4n) is 3.32. The van der Waals surface area contributed by atoms with Crippen LogP contribution in [0.15, 0.2) is 73.1 Å². The van der Waals surface area contributed by atoms with Crippen LogP contribution in [-0.2, 0) is 6.54 Å². The van der Waals surface area contributed by atoms with Crippen molar-refractivity contribution in [1.82, 2.24) is 19.9 Å². The van der Waals surface area contributed by atoms with Crippen molar-refractivity contribution in [1.29, 1.82) is 0 Å². The molecule has 1 amide bonds. The maximum Gasteiger partial charge on any atom is 0.251 e. The molecule has 0 unspecified atom stereocenters. The van der Waals surface area contributed by atoms with E-state index >= 15 is 0 Å². The van der Waals surface area contributed by atoms with Crippen molar-refractivity contribution in [2.75, 3.05) is 25.5 Å². The molecular formula is C23H23N5O. The van der Waals surface area contributed by atoms with E-state index in [2.05, 4.69) is 20.9 Å². The van der Waals surface area contributed by atoms with Gasteiger partial charge < -0.3 is 14.8 Å². The first kappa shape index (κ1) is 18.7. The zero-order valence-corrected chi connectivity index (χ0v) is 16.5. The Kier molecular flexibility index (Phi) is 5.24. The van der Waals surface area contributed by atoms with Crippen LogP contribution in [0.25, 0.3) is 22.4 Å². The molecule has 4 rings (SSSR count). The lowest BCUT2D eigenvalue weighted by atomic mass is 10.2. The predicted molar refractivity (Wildman–Crippen MR) is 116 cm³/mol. The third kappa shape index (κ3) is 3.96. The second-order valence-electron chi connectivity index (χ2n) is 7.01. The van der Waals surface area contributed by atoms with Gasteiger partial charge in [0.25, 0.3) is 5.91 Å². The minimum Gasteiger partial charge on any atom is -0.378 e. The van der Waals surface area contributed by atoms with E-state index in [-0.39, 0.29) is 5.91 Å². The van der Waals surface area contributed by atoms with E-state index in [1.165, 1.54) is 0 Å². The number of anilines is 1. The number of para-hydroxylation sites is 2. The van der Waals surface area contributed by atoms with Gasteiger partial charge in [-0.05, 0) is 48.5 Å². The van der Waals surface area contributed by atoms with Crippen molar-refractivity contribution in [3.05, 3.63) is 78.6 Å². The normalized spacial score (nSPS) is 10.8. The maximum atomic E-state index is 12.5. The van der Waals surface area contributed by atoms with Crippen LogP contribution in [0.1, 0.15) is 10.4 Å². The predicted octanol–water partition coefficient (Wildman–Crippen LogP) is 3.59. The summed E-state index contributed by atoms with van der Waals surface area (Å²) in [6.07, 6.45) is 3.52. The molecule has 0 aliphatic rings. The van der Waals surface area contributed by atoms with Gasteiger partial charge in [-0.25, -0.2) is 4.98 Å². The summed E-state index contributed by atoms with van der Waals surface area (Å²) in [6, 6.07) is 19.5. The second-order valence-corrected chi connectivity index (χ2v) is 7.01. The summed E-state index contributed by atoms with van der Waals surface area (Å²) in [6.45, 7) is 1.13. The van der Waals surface area contributed by atoms with Gasteiger partial charge in [0.1, 0.15) is 5.82 Å². The first-order valence-corrected chi connectivity index (χ1v) is 9.55. The Bertz CT molecular complexity index is 1120. The molecule has 0 aliphatic carbocycles. The number of hydrogen-bond donors (Lipinski definition) is 1. The van der Waals surface area contributed by atoms with Crippen molar-refractivity contribution in [3.63, 3.8) is 0 Å². The molecule has 1 N–H and O–H groups in total. The summed E-state index contributed by atoms with van der Waals surface area (Å²) in [5, 5.41) is 3.02. The molecule has 2 aromatic heterocycles. The number of aromatic nitrogens is 3. The largest absolute Gasteiger partial charge is 0.378 e. The zero-order chi connectivity index (χ0) is 20.2. The SMILES string of the molecule is CN(C)c1ccc(C(=O)NCCn2c(-c3ccncc3)nc3ccccc32)cc1. The Labute approximate surface area is 169 Å². The lowest BCUT2D eigenvalue weighted by Crippen LogP contribution is -2.27. The van der Waals surface area contributed by atoms with Crippen LogP contribution in [-0.4, -0.2) is 41.1 Å². The molecule has 2 heterocycles. The Morgan fingerprint density at radius 1 is 1.00 bits per heavy atom. The fraction of sp³-hybridized carbons (Fsp3) is 0.174. The number of benzene rings is 2. The highest BCUT2D eigenvalue weighted by atomic mass is 16.1. The van der Waals surface area contributed by atoms with Crippen molar-refractivity contribution >= 4 is 22.6 Å². The third-order valence-electron chi connectivity index (χ3n) is 4.86. The van der Waals surface area contributed by atoms with Crippen LogP contribution in [0.3, 0.4) is 0 Å². The van der Waals surface area contributed by atoms with E-state index in [0.29, 0.717) is 18.7 Å². The average molecular weight is 385 g/mol. The summed E-state index contributed by atoms with van der Waals surface area (Å²) in [7, 11) is 3.95. The molecule has 0 aliphatic heterocycles. The number of fused-ring (bicyclic) bond motifs is 1. The van der Waals surface area contributed by atoms with Crippen LogP contribution in [0, 0.1) is 0 Å². The molecule has 0 atom stereocenters. The lowest BCUT2D eigenvalue weighted by molar-refractivity contribution is 0.0952. The number of carbonyl (C=O) groups is 1. The molecule has 0 bridgehead atoms. The molecule has 0 saturated carbocycles. The summed E-state index contributed by atoms with van der Waals surface area (Å²) in [5.74, 6) is 0.795. The quantitative estimate of drug-likeness (QED) is 0.551. The van der Waals surface area contributed by atoms with Gasteiger partial charge in [0.15, 0.2) is 0 Å². The van der Waals surface area contributed by atoms with Gasteiger partial charge in [0.05, 0.1) is 11.0 Å². The summed E-state index contributed by atoms with van der Waals surface area (Å²) < 4.78 is 2.14. The molecule has 0 saturated heterocycles. The van der Waals surface area contributed by atoms with Gasteiger partial charge in [-0.2, -0.15) is 0 Å². The van der Waals surface area contributed by atoms with Crippen LogP contribution >= 0.6 is 0 Å². The molecule has 6 heteroatoms. The number of carbonyl (C=O) groups excluding carboxylic acids is 1. The standard InChI is InChI=1S/C23H23N5O/c1-27(2)19-9-7-18(8-10-19)23(29)25-15-16-28-21-6-4-3-5-20(21)26-22(28)17-11-13-24-14-12-17/h3-14H,15-16H2,1-2H3,(H,25,29). The number of nitrogens with one attached hydrogen (secondary N) is 1. The van der Waals surface area contributed by atoms with Gasteiger partial charge >= 0.3 is 0 Å². The highest BCUT2D eigenvalue weighted by Crippen LogP contribution is 2.24. The molecule has 6 nitrogen and oxygen atoms in total. The highest BCUT2D eigenvalue weighted by Gasteiger charge is 2.13. The Morgan fingerprint density at radius 2 is 1.72 bits per heavy atom. The third-order valence-corrected chi connectivity index (χ3v) is 4.86. The van der Waals surface area contributed by atoms with E-state index in [1.54, 1.807) is 12.4 Å². The number of pyridine rings is 1. The van der Waals surface area contributed by atoms with Gasteiger partial charge in [0.2, 0.25) is 0 Å². The number of rotatable bonds is 6. The van der Waals surface area contributed by atoms with Crippen molar-refractivity contribution in [2.45, 2.75) is 6.54 Å². The van der Waals surface area contributed by atoms with Crippen molar-refractivity contribution < 1.29 is 4.79 Å². The van der Waals surface area contributed by atoms with Gasteiger partial charge in [-0.15, -0.1) is 0 Å². The van der Waals surface area contributed by atoms with E-state index < -0.39 is 0 Å². The maximum absolute atomic E-state index is 12.5. The average Bonchev–Trinajstić information content (AvgIpc) is 3.13. The molecule has 2 aromatic carbocycles. The van der Waals surface area contributed by atoms with E-state index in [9.17, 15) is 4.79 Å². The first-order chi connectivity index (χ1) is 14.1. The number of amides is 1. The van der Waals surface area contributed by atoms with Crippen molar-refractivity contribution in [2.24, 2.45) is 0 Å². The second kappa shape index (κ2) is 8.14. The molecule has 146 valence electrons. The first-order valence-electron chi connectivity index (χ1n) is 9.55. The smallest absolute Gasteiger partial charge is 0.251 e. The zero-order valence-electron chi connectivity index (χ0n) is 16.5. The fourth-order valence-corrected chi connectivity index (χ4v) is 3.32. The van der Waals surface area contributed by atoms with Crippen molar-refractivity contribution in [3.8, 4) is 11.4 Å². The van der Waals surface area contributed by atoms with Crippen LogP contribution in [0.2, 0.25) is 0 Å². The Balaban J connectivity index is 1.51. The van der Waals surface area contributed by atoms with Crippen LogP contribution < -0.4 is 10.2 Å². The molecule has 29 heavy (non-hydrogen) atoms. The number of imidazole rings is 1. The van der Waals surface area contributed by atoms with E-state index in [1.807, 2.05) is 73.6 Å². The number of nitrogens with zero attached hydrogens (tertiary/aromatic N) is 4. The summed E-state index contributed by atoms with van der Waals surface area (Å²) in [4.78, 5) is 23.4. The van der Waals surface area contributed by atoms with Crippen LogP contribution in [0.5, 0.6) is 0 Å². The van der Waals surface area contributed by atoms with E-state index in [0.717, 1.165) is 28.1 Å². The monoisotopic (exact) mass is 385 g/mol. The summed E-state index contributed by atoms with van der Waals surface area (Å²) in [5.41, 5.74) is 4.70. The molecule has 0 spiro atoms. The molecule has 0 radical (unpaired) electrons. The van der Waals surface area contributed by atoms with Gasteiger partial charge in [-0.1, -0.05) is 12.1 Å².